The Labute approximate surface area is 107 Å². The molecule has 0 bridgehead atoms. The second-order valence-electron chi connectivity index (χ2n) is 4.02. The maximum atomic E-state index is 9.69. The van der Waals surface area contributed by atoms with Gasteiger partial charge in [0.25, 0.3) is 0 Å². The van der Waals surface area contributed by atoms with Crippen LogP contribution in [0.15, 0.2) is 29.2 Å². The molecule has 0 saturated heterocycles. The van der Waals surface area contributed by atoms with Crippen molar-refractivity contribution in [3.05, 3.63) is 24.3 Å². The fourth-order valence-corrected chi connectivity index (χ4v) is 2.03. The molecular formula is C13H20O3S. The molecule has 1 atom stereocenters. The van der Waals surface area contributed by atoms with Gasteiger partial charge in [-0.2, -0.15) is 0 Å². The predicted molar refractivity (Wildman–Crippen MR) is 70.8 cm³/mol. The van der Waals surface area contributed by atoms with Gasteiger partial charge in [-0.1, -0.05) is 0 Å². The number of hydrogen-bond donors (Lipinski definition) is 1. The normalized spacial score (nSPS) is 12.8. The summed E-state index contributed by atoms with van der Waals surface area (Å²) in [7, 11) is 1.65. The standard InChI is InChI=1S/C13H20O3S/c1-10(2)16-8-11(14)9-17-13-6-4-12(15-3)5-7-13/h4-7,10-11,14H,8-9H2,1-3H3. The minimum absolute atomic E-state index is 0.163. The molecule has 0 radical (unpaired) electrons. The third kappa shape index (κ3) is 5.96. The zero-order valence-corrected chi connectivity index (χ0v) is 11.4. The summed E-state index contributed by atoms with van der Waals surface area (Å²) in [5, 5.41) is 9.69. The van der Waals surface area contributed by atoms with E-state index in [2.05, 4.69) is 0 Å². The van der Waals surface area contributed by atoms with Crippen molar-refractivity contribution in [2.45, 2.75) is 31.0 Å². The summed E-state index contributed by atoms with van der Waals surface area (Å²) in [5.74, 6) is 1.48. The Balaban J connectivity index is 2.29. The maximum absolute atomic E-state index is 9.69. The molecule has 0 amide bonds. The molecule has 1 unspecified atom stereocenters. The monoisotopic (exact) mass is 256 g/mol. The minimum atomic E-state index is -0.426. The van der Waals surface area contributed by atoms with Gasteiger partial charge in [0.15, 0.2) is 0 Å². The van der Waals surface area contributed by atoms with Crippen molar-refractivity contribution >= 4 is 11.8 Å². The molecule has 1 N–H and O–H groups in total. The first-order valence-corrected chi connectivity index (χ1v) is 6.67. The van der Waals surface area contributed by atoms with Crippen LogP contribution in [0.4, 0.5) is 0 Å². The molecule has 17 heavy (non-hydrogen) atoms. The van der Waals surface area contributed by atoms with Gasteiger partial charge in [-0.05, 0) is 38.1 Å². The van der Waals surface area contributed by atoms with E-state index in [4.69, 9.17) is 9.47 Å². The third-order valence-electron chi connectivity index (χ3n) is 2.12. The number of aliphatic hydroxyl groups excluding tert-OH is 1. The van der Waals surface area contributed by atoms with E-state index >= 15 is 0 Å². The highest BCUT2D eigenvalue weighted by atomic mass is 32.2. The quantitative estimate of drug-likeness (QED) is 0.761. The van der Waals surface area contributed by atoms with Gasteiger partial charge in [0.2, 0.25) is 0 Å². The highest BCUT2D eigenvalue weighted by Gasteiger charge is 2.06. The molecule has 0 aliphatic heterocycles. The summed E-state index contributed by atoms with van der Waals surface area (Å²) in [6.07, 6.45) is -0.264. The molecule has 3 nitrogen and oxygen atoms in total. The summed E-state index contributed by atoms with van der Waals surface area (Å²) >= 11 is 1.61. The lowest BCUT2D eigenvalue weighted by Gasteiger charge is -2.13. The fourth-order valence-electron chi connectivity index (χ4n) is 1.22. The lowest BCUT2D eigenvalue weighted by molar-refractivity contribution is 0.0152. The smallest absolute Gasteiger partial charge is 0.118 e. The van der Waals surface area contributed by atoms with Crippen LogP contribution in [0, 0.1) is 0 Å². The van der Waals surface area contributed by atoms with E-state index < -0.39 is 6.10 Å². The van der Waals surface area contributed by atoms with E-state index in [1.54, 1.807) is 18.9 Å². The second kappa shape index (κ2) is 7.58. The number of rotatable bonds is 7. The minimum Gasteiger partial charge on any atom is -0.497 e. The average molecular weight is 256 g/mol. The highest BCUT2D eigenvalue weighted by Crippen LogP contribution is 2.21. The summed E-state index contributed by atoms with van der Waals surface area (Å²) in [6.45, 7) is 4.31. The molecule has 4 heteroatoms. The average Bonchev–Trinajstić information content (AvgIpc) is 2.34. The Morgan fingerprint density at radius 2 is 1.88 bits per heavy atom. The second-order valence-corrected chi connectivity index (χ2v) is 5.12. The first-order chi connectivity index (χ1) is 8.11. The molecule has 0 fully saturated rings. The van der Waals surface area contributed by atoms with Crippen LogP contribution in [-0.2, 0) is 4.74 Å². The van der Waals surface area contributed by atoms with Gasteiger partial charge < -0.3 is 14.6 Å². The van der Waals surface area contributed by atoms with Gasteiger partial charge in [0.1, 0.15) is 5.75 Å². The number of methoxy groups -OCH3 is 1. The van der Waals surface area contributed by atoms with Crippen molar-refractivity contribution in [3.63, 3.8) is 0 Å². The molecule has 0 aliphatic rings. The third-order valence-corrected chi connectivity index (χ3v) is 3.28. The first-order valence-electron chi connectivity index (χ1n) is 5.68. The van der Waals surface area contributed by atoms with Gasteiger partial charge in [0.05, 0.1) is 25.9 Å². The Morgan fingerprint density at radius 1 is 1.24 bits per heavy atom. The molecule has 0 spiro atoms. The fraction of sp³-hybridized carbons (Fsp3) is 0.538. The van der Waals surface area contributed by atoms with Crippen molar-refractivity contribution in [1.29, 1.82) is 0 Å². The summed E-state index contributed by atoms with van der Waals surface area (Å²) in [5.41, 5.74) is 0. The van der Waals surface area contributed by atoms with Crippen LogP contribution in [0.2, 0.25) is 0 Å². The largest absolute Gasteiger partial charge is 0.497 e. The molecule has 0 heterocycles. The molecule has 0 aliphatic carbocycles. The predicted octanol–water partition coefficient (Wildman–Crippen LogP) is 2.57. The number of thioether (sulfide) groups is 1. The van der Waals surface area contributed by atoms with Gasteiger partial charge >= 0.3 is 0 Å². The van der Waals surface area contributed by atoms with E-state index in [0.29, 0.717) is 12.4 Å². The van der Waals surface area contributed by atoms with Gasteiger partial charge in [-0.15, -0.1) is 11.8 Å². The molecule has 1 aromatic carbocycles. The molecule has 1 aromatic rings. The topological polar surface area (TPSA) is 38.7 Å². The van der Waals surface area contributed by atoms with Gasteiger partial charge in [-0.25, -0.2) is 0 Å². The van der Waals surface area contributed by atoms with Crippen LogP contribution in [-0.4, -0.2) is 36.8 Å². The number of benzene rings is 1. The first kappa shape index (κ1) is 14.4. The lowest BCUT2D eigenvalue weighted by Crippen LogP contribution is -2.20. The van der Waals surface area contributed by atoms with Crippen molar-refractivity contribution < 1.29 is 14.6 Å². The van der Waals surface area contributed by atoms with E-state index in [0.717, 1.165) is 10.6 Å². The van der Waals surface area contributed by atoms with Crippen LogP contribution in [0.1, 0.15) is 13.8 Å². The molecule has 0 saturated carbocycles. The van der Waals surface area contributed by atoms with Crippen LogP contribution in [0.5, 0.6) is 5.75 Å². The number of aliphatic hydroxyl groups is 1. The van der Waals surface area contributed by atoms with Crippen LogP contribution in [0.25, 0.3) is 0 Å². The zero-order chi connectivity index (χ0) is 12.7. The Bertz CT molecular complexity index is 311. The Hall–Kier alpha value is -0.710. The van der Waals surface area contributed by atoms with E-state index in [1.807, 2.05) is 38.1 Å². The van der Waals surface area contributed by atoms with E-state index in [1.165, 1.54) is 0 Å². The van der Waals surface area contributed by atoms with Crippen molar-refractivity contribution in [2.24, 2.45) is 0 Å². The molecule has 1 rings (SSSR count). The van der Waals surface area contributed by atoms with Crippen molar-refractivity contribution in [3.8, 4) is 5.75 Å². The zero-order valence-electron chi connectivity index (χ0n) is 10.6. The number of hydrogen-bond acceptors (Lipinski definition) is 4. The summed E-state index contributed by atoms with van der Waals surface area (Å²) < 4.78 is 10.4. The van der Waals surface area contributed by atoms with Crippen molar-refractivity contribution in [1.82, 2.24) is 0 Å². The van der Waals surface area contributed by atoms with Crippen molar-refractivity contribution in [2.75, 3.05) is 19.5 Å². The van der Waals surface area contributed by atoms with Crippen LogP contribution >= 0.6 is 11.8 Å². The van der Waals surface area contributed by atoms with Gasteiger partial charge in [0, 0.05) is 10.6 Å². The Kier molecular flexibility index (Phi) is 6.40. The van der Waals surface area contributed by atoms with E-state index in [-0.39, 0.29) is 6.10 Å². The SMILES string of the molecule is COc1ccc(SCC(O)COC(C)C)cc1. The van der Waals surface area contributed by atoms with Crippen LogP contribution < -0.4 is 4.74 Å². The summed E-state index contributed by atoms with van der Waals surface area (Å²) in [4.78, 5) is 1.12. The molecule has 0 aromatic heterocycles. The molecular weight excluding hydrogens is 236 g/mol. The van der Waals surface area contributed by atoms with Gasteiger partial charge in [-0.3, -0.25) is 0 Å². The Morgan fingerprint density at radius 3 is 2.41 bits per heavy atom. The summed E-state index contributed by atoms with van der Waals surface area (Å²) in [6, 6.07) is 7.80. The maximum Gasteiger partial charge on any atom is 0.118 e. The van der Waals surface area contributed by atoms with E-state index in [9.17, 15) is 5.11 Å². The molecule has 96 valence electrons. The lowest BCUT2D eigenvalue weighted by atomic mass is 10.3. The van der Waals surface area contributed by atoms with Crippen LogP contribution in [0.3, 0.4) is 0 Å². The number of ether oxygens (including phenoxy) is 2. The highest BCUT2D eigenvalue weighted by molar-refractivity contribution is 7.99.